The molecule has 0 saturated heterocycles. The standard InChI is InChI=1S/C14H17ClN2O2S2/c1-17(2)13(11-6-3-4-7-12(11)15)10-16-21(18,19)14-8-5-9-20-14/h3-9,13,16H,10H2,1-2H3/t13-/m0/s1. The smallest absolute Gasteiger partial charge is 0.250 e. The maximum absolute atomic E-state index is 12.2. The van der Waals surface area contributed by atoms with Gasteiger partial charge >= 0.3 is 0 Å². The Morgan fingerprint density at radius 1 is 1.24 bits per heavy atom. The Bertz CT molecular complexity index is 685. The van der Waals surface area contributed by atoms with Crippen molar-refractivity contribution in [2.75, 3.05) is 20.6 Å². The molecular formula is C14H17ClN2O2S2. The normalized spacial score (nSPS) is 13.5. The van der Waals surface area contributed by atoms with Gasteiger partial charge < -0.3 is 4.90 Å². The SMILES string of the molecule is CN(C)[C@@H](CNS(=O)(=O)c1cccs1)c1ccccc1Cl. The van der Waals surface area contributed by atoms with Crippen LogP contribution in [0.1, 0.15) is 11.6 Å². The lowest BCUT2D eigenvalue weighted by atomic mass is 10.1. The zero-order chi connectivity index (χ0) is 15.5. The van der Waals surface area contributed by atoms with E-state index in [-0.39, 0.29) is 12.6 Å². The maximum atomic E-state index is 12.2. The molecule has 1 atom stereocenters. The van der Waals surface area contributed by atoms with Crippen LogP contribution < -0.4 is 4.72 Å². The minimum atomic E-state index is -3.47. The molecule has 1 heterocycles. The van der Waals surface area contributed by atoms with Crippen LogP contribution in [0.2, 0.25) is 5.02 Å². The molecule has 1 N–H and O–H groups in total. The van der Waals surface area contributed by atoms with Gasteiger partial charge in [-0.2, -0.15) is 0 Å². The quantitative estimate of drug-likeness (QED) is 0.876. The topological polar surface area (TPSA) is 49.4 Å². The van der Waals surface area contributed by atoms with Gasteiger partial charge in [0.2, 0.25) is 10.0 Å². The predicted octanol–water partition coefficient (Wildman–Crippen LogP) is 2.98. The van der Waals surface area contributed by atoms with Crippen molar-refractivity contribution in [2.24, 2.45) is 0 Å². The second kappa shape index (κ2) is 6.89. The molecule has 2 rings (SSSR count). The number of hydrogen-bond acceptors (Lipinski definition) is 4. The predicted molar refractivity (Wildman–Crippen MR) is 87.4 cm³/mol. The Balaban J connectivity index is 2.17. The summed E-state index contributed by atoms with van der Waals surface area (Å²) in [5.41, 5.74) is 0.901. The van der Waals surface area contributed by atoms with E-state index in [0.29, 0.717) is 9.23 Å². The van der Waals surface area contributed by atoms with Gasteiger partial charge in [0.15, 0.2) is 0 Å². The number of hydrogen-bond donors (Lipinski definition) is 1. The molecule has 0 aliphatic rings. The van der Waals surface area contributed by atoms with E-state index in [4.69, 9.17) is 11.6 Å². The largest absolute Gasteiger partial charge is 0.301 e. The molecule has 114 valence electrons. The lowest BCUT2D eigenvalue weighted by Crippen LogP contribution is -2.34. The van der Waals surface area contributed by atoms with Gasteiger partial charge in [-0.25, -0.2) is 13.1 Å². The van der Waals surface area contributed by atoms with Gasteiger partial charge in [0.05, 0.1) is 0 Å². The van der Waals surface area contributed by atoms with E-state index in [1.807, 2.05) is 37.2 Å². The molecule has 0 unspecified atom stereocenters. The zero-order valence-corrected chi connectivity index (χ0v) is 14.2. The summed E-state index contributed by atoms with van der Waals surface area (Å²) in [6.07, 6.45) is 0. The van der Waals surface area contributed by atoms with Gasteiger partial charge in [0, 0.05) is 17.6 Å². The number of benzene rings is 1. The first kappa shape index (κ1) is 16.5. The van der Waals surface area contributed by atoms with Gasteiger partial charge in [0.1, 0.15) is 4.21 Å². The average molecular weight is 345 g/mol. The number of halogens is 1. The summed E-state index contributed by atoms with van der Waals surface area (Å²) < 4.78 is 27.3. The highest BCUT2D eigenvalue weighted by Crippen LogP contribution is 2.26. The summed E-state index contributed by atoms with van der Waals surface area (Å²) in [7, 11) is 0.325. The Kier molecular flexibility index (Phi) is 5.40. The molecule has 7 heteroatoms. The van der Waals surface area contributed by atoms with Crippen molar-refractivity contribution < 1.29 is 8.42 Å². The van der Waals surface area contributed by atoms with Crippen LogP contribution >= 0.6 is 22.9 Å². The van der Waals surface area contributed by atoms with E-state index in [1.54, 1.807) is 23.6 Å². The zero-order valence-electron chi connectivity index (χ0n) is 11.8. The van der Waals surface area contributed by atoms with E-state index in [9.17, 15) is 8.42 Å². The third kappa shape index (κ3) is 4.05. The van der Waals surface area contributed by atoms with Gasteiger partial charge in [-0.1, -0.05) is 35.9 Å². The Morgan fingerprint density at radius 3 is 2.52 bits per heavy atom. The van der Waals surface area contributed by atoms with Gasteiger partial charge in [-0.05, 0) is 37.2 Å². The van der Waals surface area contributed by atoms with Crippen LogP contribution in [0.15, 0.2) is 46.0 Å². The van der Waals surface area contributed by atoms with Gasteiger partial charge in [-0.15, -0.1) is 11.3 Å². The van der Waals surface area contributed by atoms with Crippen molar-refractivity contribution in [3.8, 4) is 0 Å². The molecule has 2 aromatic rings. The fourth-order valence-electron chi connectivity index (χ4n) is 1.99. The number of rotatable bonds is 6. The molecule has 21 heavy (non-hydrogen) atoms. The minimum absolute atomic E-state index is 0.131. The summed E-state index contributed by atoms with van der Waals surface area (Å²) >= 11 is 7.41. The van der Waals surface area contributed by atoms with Gasteiger partial charge in [0.25, 0.3) is 0 Å². The monoisotopic (exact) mass is 344 g/mol. The molecule has 0 bridgehead atoms. The Labute approximate surface area is 134 Å². The summed E-state index contributed by atoms with van der Waals surface area (Å²) in [6, 6.07) is 10.6. The average Bonchev–Trinajstić information content (AvgIpc) is 2.95. The van der Waals surface area contributed by atoms with E-state index in [1.165, 1.54) is 11.3 Å². The first-order chi connectivity index (χ1) is 9.92. The highest BCUT2D eigenvalue weighted by Gasteiger charge is 2.21. The number of nitrogens with zero attached hydrogens (tertiary/aromatic N) is 1. The molecule has 0 aliphatic heterocycles. The first-order valence-corrected chi connectivity index (χ1v) is 9.10. The fraction of sp³-hybridized carbons (Fsp3) is 0.286. The van der Waals surface area contributed by atoms with Crippen LogP contribution in [0.25, 0.3) is 0 Å². The molecule has 0 saturated carbocycles. The third-order valence-electron chi connectivity index (χ3n) is 3.11. The number of sulfonamides is 1. The minimum Gasteiger partial charge on any atom is -0.301 e. The molecular weight excluding hydrogens is 328 g/mol. The van der Waals surface area contributed by atoms with E-state index < -0.39 is 10.0 Å². The fourth-order valence-corrected chi connectivity index (χ4v) is 4.33. The summed E-state index contributed by atoms with van der Waals surface area (Å²) in [4.78, 5) is 1.94. The molecule has 0 radical (unpaired) electrons. The van der Waals surface area contributed by atoms with Gasteiger partial charge in [-0.3, -0.25) is 0 Å². The Hall–Kier alpha value is -0.920. The maximum Gasteiger partial charge on any atom is 0.250 e. The molecule has 1 aromatic heterocycles. The molecule has 4 nitrogen and oxygen atoms in total. The van der Waals surface area contributed by atoms with Crippen molar-refractivity contribution in [3.05, 3.63) is 52.4 Å². The summed E-state index contributed by atoms with van der Waals surface area (Å²) in [6.45, 7) is 0.261. The van der Waals surface area contributed by atoms with Crippen LogP contribution in [-0.4, -0.2) is 34.0 Å². The number of likely N-dealkylation sites (N-methyl/N-ethyl adjacent to an activating group) is 1. The van der Waals surface area contributed by atoms with Crippen LogP contribution in [0, 0.1) is 0 Å². The second-order valence-corrected chi connectivity index (χ2v) is 8.13. The lowest BCUT2D eigenvalue weighted by Gasteiger charge is -2.25. The first-order valence-electron chi connectivity index (χ1n) is 6.36. The van der Waals surface area contributed by atoms with Crippen molar-refractivity contribution in [3.63, 3.8) is 0 Å². The number of thiophene rings is 1. The highest BCUT2D eigenvalue weighted by atomic mass is 35.5. The van der Waals surface area contributed by atoms with E-state index in [0.717, 1.165) is 5.56 Å². The Morgan fingerprint density at radius 2 is 1.95 bits per heavy atom. The van der Waals surface area contributed by atoms with E-state index in [2.05, 4.69) is 4.72 Å². The third-order valence-corrected chi connectivity index (χ3v) is 6.28. The van der Waals surface area contributed by atoms with Crippen LogP contribution in [0.4, 0.5) is 0 Å². The number of nitrogens with one attached hydrogen (secondary N) is 1. The van der Waals surface area contributed by atoms with Crippen molar-refractivity contribution in [1.29, 1.82) is 0 Å². The van der Waals surface area contributed by atoms with Crippen molar-refractivity contribution in [2.45, 2.75) is 10.3 Å². The molecule has 0 aliphatic carbocycles. The highest BCUT2D eigenvalue weighted by molar-refractivity contribution is 7.91. The van der Waals surface area contributed by atoms with E-state index >= 15 is 0 Å². The van der Waals surface area contributed by atoms with Crippen molar-refractivity contribution >= 4 is 33.0 Å². The van der Waals surface area contributed by atoms with Crippen molar-refractivity contribution in [1.82, 2.24) is 9.62 Å². The summed E-state index contributed by atoms with van der Waals surface area (Å²) in [5.74, 6) is 0. The lowest BCUT2D eigenvalue weighted by molar-refractivity contribution is 0.299. The second-order valence-electron chi connectivity index (χ2n) is 4.78. The van der Waals surface area contributed by atoms with Crippen LogP contribution in [0.5, 0.6) is 0 Å². The summed E-state index contributed by atoms with van der Waals surface area (Å²) in [5, 5.41) is 2.37. The molecule has 0 amide bonds. The van der Waals surface area contributed by atoms with Crippen LogP contribution in [-0.2, 0) is 10.0 Å². The molecule has 1 aromatic carbocycles. The molecule has 0 fully saturated rings. The molecule has 0 spiro atoms. The van der Waals surface area contributed by atoms with Crippen LogP contribution in [0.3, 0.4) is 0 Å².